The number of fused-ring (bicyclic) bond motifs is 2. The Hall–Kier alpha value is -3.57. The minimum absolute atomic E-state index is 0.0400. The molecule has 1 atom stereocenters. The Kier molecular flexibility index (Phi) is 5.90. The van der Waals surface area contributed by atoms with E-state index in [1.54, 1.807) is 0 Å². The Labute approximate surface area is 188 Å². The molecule has 0 radical (unpaired) electrons. The molecule has 0 aliphatic carbocycles. The van der Waals surface area contributed by atoms with E-state index in [0.29, 0.717) is 13.0 Å². The van der Waals surface area contributed by atoms with E-state index in [9.17, 15) is 4.79 Å². The van der Waals surface area contributed by atoms with Crippen LogP contribution in [0.15, 0.2) is 85.1 Å². The lowest BCUT2D eigenvalue weighted by atomic mass is 10.1. The fourth-order valence-corrected chi connectivity index (χ4v) is 4.36. The predicted octanol–water partition coefficient (Wildman–Crippen LogP) is 4.46. The highest BCUT2D eigenvalue weighted by atomic mass is 16.5. The topological polar surface area (TPSA) is 57.4 Å². The van der Waals surface area contributed by atoms with Gasteiger partial charge in [0.15, 0.2) is 0 Å². The molecule has 5 heteroatoms. The summed E-state index contributed by atoms with van der Waals surface area (Å²) in [5.41, 5.74) is 4.43. The summed E-state index contributed by atoms with van der Waals surface area (Å²) < 4.78 is 6.38. The lowest BCUT2D eigenvalue weighted by Crippen LogP contribution is -2.37. The zero-order valence-electron chi connectivity index (χ0n) is 18.0. The van der Waals surface area contributed by atoms with Crippen molar-refractivity contribution in [2.75, 3.05) is 19.6 Å². The second-order valence-corrected chi connectivity index (χ2v) is 8.25. The first-order valence-electron chi connectivity index (χ1n) is 11.1. The summed E-state index contributed by atoms with van der Waals surface area (Å²) in [6.45, 7) is 2.94. The Bertz CT molecular complexity index is 1200. The lowest BCUT2D eigenvalue weighted by Gasteiger charge is -2.24. The summed E-state index contributed by atoms with van der Waals surface area (Å²) in [7, 11) is 0. The average molecular weight is 426 g/mol. The van der Waals surface area contributed by atoms with Gasteiger partial charge in [0.05, 0.1) is 6.42 Å². The monoisotopic (exact) mass is 425 g/mol. The number of ether oxygens (including phenoxy) is 1. The highest BCUT2D eigenvalue weighted by Gasteiger charge is 2.24. The third-order valence-corrected chi connectivity index (χ3v) is 6.01. The van der Waals surface area contributed by atoms with Crippen molar-refractivity contribution in [2.45, 2.75) is 19.1 Å². The number of para-hydroxylation sites is 2. The standard InChI is InChI=1S/C27H27N3O2/c31-27(16-22-17-29-24-12-6-5-11-23(22)24)28-14-15-30-18-21-10-4-7-13-25(21)32-26(19-30)20-8-2-1-3-9-20/h1-13,17,26,29H,14-16,18-19H2,(H,28,31)/t26-/m0/s1. The van der Waals surface area contributed by atoms with E-state index in [2.05, 4.69) is 33.4 Å². The molecule has 5 rings (SSSR count). The average Bonchev–Trinajstić information content (AvgIpc) is 3.12. The minimum atomic E-state index is -0.0400. The van der Waals surface area contributed by atoms with Gasteiger partial charge in [-0.15, -0.1) is 0 Å². The van der Waals surface area contributed by atoms with Gasteiger partial charge < -0.3 is 15.0 Å². The van der Waals surface area contributed by atoms with Crippen LogP contribution >= 0.6 is 0 Å². The zero-order valence-corrected chi connectivity index (χ0v) is 18.0. The zero-order chi connectivity index (χ0) is 21.8. The number of amides is 1. The van der Waals surface area contributed by atoms with Gasteiger partial charge in [-0.1, -0.05) is 66.7 Å². The number of carbonyl (C=O) groups is 1. The number of aromatic amines is 1. The van der Waals surface area contributed by atoms with Gasteiger partial charge in [-0.25, -0.2) is 0 Å². The molecule has 4 aromatic rings. The van der Waals surface area contributed by atoms with Crippen molar-refractivity contribution in [3.8, 4) is 5.75 Å². The molecule has 1 aliphatic rings. The van der Waals surface area contributed by atoms with Crippen LogP contribution in [0.25, 0.3) is 10.9 Å². The maximum Gasteiger partial charge on any atom is 0.224 e. The third kappa shape index (κ3) is 4.53. The first kappa shape index (κ1) is 20.3. The Morgan fingerprint density at radius 2 is 1.78 bits per heavy atom. The molecule has 2 heterocycles. The summed E-state index contributed by atoms with van der Waals surface area (Å²) >= 11 is 0. The number of H-pyrrole nitrogens is 1. The van der Waals surface area contributed by atoms with Crippen molar-refractivity contribution < 1.29 is 9.53 Å². The number of carbonyl (C=O) groups excluding carboxylic acids is 1. The number of rotatable bonds is 6. The van der Waals surface area contributed by atoms with E-state index in [1.165, 1.54) is 5.56 Å². The van der Waals surface area contributed by atoms with Gasteiger partial charge in [-0.2, -0.15) is 0 Å². The molecular weight excluding hydrogens is 398 g/mol. The minimum Gasteiger partial charge on any atom is -0.484 e. The highest BCUT2D eigenvalue weighted by Crippen LogP contribution is 2.30. The van der Waals surface area contributed by atoms with Crippen LogP contribution in [0, 0.1) is 0 Å². The highest BCUT2D eigenvalue weighted by molar-refractivity contribution is 5.88. The van der Waals surface area contributed by atoms with Crippen molar-refractivity contribution in [1.29, 1.82) is 0 Å². The Morgan fingerprint density at radius 1 is 1.00 bits per heavy atom. The maximum absolute atomic E-state index is 12.6. The van der Waals surface area contributed by atoms with Crippen molar-refractivity contribution in [2.24, 2.45) is 0 Å². The first-order chi connectivity index (χ1) is 15.8. The largest absolute Gasteiger partial charge is 0.484 e. The number of benzene rings is 3. The van der Waals surface area contributed by atoms with E-state index in [-0.39, 0.29) is 12.0 Å². The fourth-order valence-electron chi connectivity index (χ4n) is 4.36. The molecule has 1 aliphatic heterocycles. The van der Waals surface area contributed by atoms with Crippen molar-refractivity contribution in [3.63, 3.8) is 0 Å². The SMILES string of the molecule is O=C(Cc1c[nH]c2ccccc12)NCCN1Cc2ccccc2O[C@H](c2ccccc2)C1. The van der Waals surface area contributed by atoms with E-state index in [0.717, 1.165) is 47.4 Å². The normalized spacial score (nSPS) is 16.2. The number of hydrogen-bond donors (Lipinski definition) is 2. The summed E-state index contributed by atoms with van der Waals surface area (Å²) in [6.07, 6.45) is 2.27. The van der Waals surface area contributed by atoms with Crippen LogP contribution in [0.5, 0.6) is 5.75 Å². The Morgan fingerprint density at radius 3 is 2.69 bits per heavy atom. The van der Waals surface area contributed by atoms with Gasteiger partial charge in [-0.05, 0) is 23.3 Å². The van der Waals surface area contributed by atoms with Crippen LogP contribution in [0.3, 0.4) is 0 Å². The van der Waals surface area contributed by atoms with Crippen LogP contribution in [0.2, 0.25) is 0 Å². The molecule has 0 saturated heterocycles. The summed E-state index contributed by atoms with van der Waals surface area (Å²) in [6, 6.07) is 26.6. The first-order valence-corrected chi connectivity index (χ1v) is 11.1. The van der Waals surface area contributed by atoms with E-state index in [4.69, 9.17) is 4.74 Å². The van der Waals surface area contributed by atoms with E-state index >= 15 is 0 Å². The van der Waals surface area contributed by atoms with Gasteiger partial charge in [-0.3, -0.25) is 9.69 Å². The predicted molar refractivity (Wildman–Crippen MR) is 127 cm³/mol. The molecule has 0 saturated carbocycles. The molecule has 162 valence electrons. The lowest BCUT2D eigenvalue weighted by molar-refractivity contribution is -0.120. The fraction of sp³-hybridized carbons (Fsp3) is 0.222. The molecule has 0 bridgehead atoms. The van der Waals surface area contributed by atoms with Gasteiger partial charge in [0.1, 0.15) is 11.9 Å². The molecule has 3 aromatic carbocycles. The molecule has 5 nitrogen and oxygen atoms in total. The molecule has 1 amide bonds. The van der Waals surface area contributed by atoms with Gasteiger partial charge >= 0.3 is 0 Å². The number of aromatic nitrogens is 1. The molecular formula is C27H27N3O2. The van der Waals surface area contributed by atoms with Gasteiger partial charge in [0.25, 0.3) is 0 Å². The van der Waals surface area contributed by atoms with E-state index < -0.39 is 0 Å². The second kappa shape index (κ2) is 9.28. The quantitative estimate of drug-likeness (QED) is 0.479. The van der Waals surface area contributed by atoms with Gasteiger partial charge in [0, 0.05) is 48.8 Å². The van der Waals surface area contributed by atoms with Crippen LogP contribution in [0.4, 0.5) is 0 Å². The molecule has 0 fully saturated rings. The molecule has 32 heavy (non-hydrogen) atoms. The van der Waals surface area contributed by atoms with Crippen molar-refractivity contribution in [3.05, 3.63) is 102 Å². The number of nitrogens with one attached hydrogen (secondary N) is 2. The molecule has 2 N–H and O–H groups in total. The summed E-state index contributed by atoms with van der Waals surface area (Å²) in [4.78, 5) is 18.2. The number of nitrogens with zero attached hydrogens (tertiary/aromatic N) is 1. The van der Waals surface area contributed by atoms with Crippen LogP contribution in [0.1, 0.15) is 22.8 Å². The Balaban J connectivity index is 1.22. The van der Waals surface area contributed by atoms with E-state index in [1.807, 2.05) is 66.9 Å². The smallest absolute Gasteiger partial charge is 0.224 e. The van der Waals surface area contributed by atoms with Gasteiger partial charge in [0.2, 0.25) is 5.91 Å². The summed E-state index contributed by atoms with van der Waals surface area (Å²) in [5, 5.41) is 4.20. The van der Waals surface area contributed by atoms with Crippen molar-refractivity contribution >= 4 is 16.8 Å². The molecule has 0 unspecified atom stereocenters. The number of hydrogen-bond acceptors (Lipinski definition) is 3. The molecule has 0 spiro atoms. The second-order valence-electron chi connectivity index (χ2n) is 8.25. The molecule has 1 aromatic heterocycles. The van der Waals surface area contributed by atoms with Crippen molar-refractivity contribution in [1.82, 2.24) is 15.2 Å². The van der Waals surface area contributed by atoms with Crippen LogP contribution in [-0.2, 0) is 17.8 Å². The maximum atomic E-state index is 12.6. The van der Waals surface area contributed by atoms with Crippen LogP contribution in [-0.4, -0.2) is 35.4 Å². The summed E-state index contributed by atoms with van der Waals surface area (Å²) in [5.74, 6) is 0.980. The van der Waals surface area contributed by atoms with Crippen LogP contribution < -0.4 is 10.1 Å². The third-order valence-electron chi connectivity index (χ3n) is 6.01.